The summed E-state index contributed by atoms with van der Waals surface area (Å²) in [5.74, 6) is -0.224. The van der Waals surface area contributed by atoms with Crippen molar-refractivity contribution in [2.45, 2.75) is 17.7 Å². The maximum absolute atomic E-state index is 13.9. The molecule has 112 valence electrons. The van der Waals surface area contributed by atoms with E-state index in [1.165, 1.54) is 16.4 Å². The first kappa shape index (κ1) is 15.9. The molecule has 4 nitrogen and oxygen atoms in total. The van der Waals surface area contributed by atoms with E-state index in [0.29, 0.717) is 23.5 Å². The van der Waals surface area contributed by atoms with Crippen molar-refractivity contribution in [3.63, 3.8) is 0 Å². The lowest BCUT2D eigenvalue weighted by atomic mass is 9.98. The van der Waals surface area contributed by atoms with Crippen molar-refractivity contribution < 1.29 is 12.8 Å². The van der Waals surface area contributed by atoms with Crippen LogP contribution in [-0.4, -0.2) is 39.4 Å². The fourth-order valence-electron chi connectivity index (χ4n) is 2.47. The lowest BCUT2D eigenvalue weighted by Crippen LogP contribution is -2.40. The molecule has 2 rings (SSSR count). The van der Waals surface area contributed by atoms with Crippen LogP contribution in [-0.2, 0) is 10.0 Å². The number of piperidine rings is 1. The molecule has 0 bridgehead atoms. The molecule has 0 saturated carbocycles. The minimum absolute atomic E-state index is 0.243. The van der Waals surface area contributed by atoms with Gasteiger partial charge in [-0.3, -0.25) is 0 Å². The minimum atomic E-state index is -3.73. The van der Waals surface area contributed by atoms with E-state index in [1.54, 1.807) is 6.07 Å². The van der Waals surface area contributed by atoms with Crippen molar-refractivity contribution >= 4 is 26.0 Å². The highest BCUT2D eigenvalue weighted by Crippen LogP contribution is 2.26. The largest absolute Gasteiger partial charge is 0.319 e. The first-order valence-corrected chi connectivity index (χ1v) is 8.78. The van der Waals surface area contributed by atoms with Crippen LogP contribution in [0.1, 0.15) is 12.8 Å². The monoisotopic (exact) mass is 364 g/mol. The summed E-state index contributed by atoms with van der Waals surface area (Å²) < 4.78 is 40.6. The second kappa shape index (κ2) is 6.51. The van der Waals surface area contributed by atoms with E-state index < -0.39 is 15.8 Å². The smallest absolute Gasteiger partial charge is 0.245 e. The van der Waals surface area contributed by atoms with Crippen LogP contribution < -0.4 is 5.32 Å². The third-order valence-electron chi connectivity index (χ3n) is 3.58. The Labute approximate surface area is 127 Å². The normalized spacial score (nSPS) is 18.4. The van der Waals surface area contributed by atoms with Crippen molar-refractivity contribution in [2.75, 3.05) is 26.7 Å². The van der Waals surface area contributed by atoms with E-state index >= 15 is 0 Å². The van der Waals surface area contributed by atoms with Crippen LogP contribution in [0.5, 0.6) is 0 Å². The Balaban J connectivity index is 2.15. The Morgan fingerprint density at radius 1 is 1.40 bits per heavy atom. The zero-order chi connectivity index (χ0) is 14.8. The SMILES string of the molecule is CNCC1CCN(S(=O)(=O)c2ccc(Br)cc2F)CC1. The molecule has 1 aliphatic heterocycles. The molecule has 0 aliphatic carbocycles. The van der Waals surface area contributed by atoms with Gasteiger partial charge >= 0.3 is 0 Å². The number of rotatable bonds is 4. The lowest BCUT2D eigenvalue weighted by molar-refractivity contribution is 0.270. The van der Waals surface area contributed by atoms with Crippen LogP contribution in [0.4, 0.5) is 4.39 Å². The van der Waals surface area contributed by atoms with Gasteiger partial charge < -0.3 is 5.32 Å². The Hall–Kier alpha value is -0.500. The third kappa shape index (κ3) is 3.39. The summed E-state index contributed by atoms with van der Waals surface area (Å²) in [6, 6.07) is 4.04. The molecule has 1 aliphatic rings. The standard InChI is InChI=1S/C13H18BrFN2O2S/c1-16-9-10-4-6-17(7-5-10)20(18,19)13-3-2-11(14)8-12(13)15/h2-3,8,10,16H,4-7,9H2,1H3. The summed E-state index contributed by atoms with van der Waals surface area (Å²) >= 11 is 3.13. The fraction of sp³-hybridized carbons (Fsp3) is 0.538. The van der Waals surface area contributed by atoms with E-state index in [-0.39, 0.29) is 4.90 Å². The van der Waals surface area contributed by atoms with Crippen LogP contribution >= 0.6 is 15.9 Å². The minimum Gasteiger partial charge on any atom is -0.319 e. The molecule has 0 aromatic heterocycles. The van der Waals surface area contributed by atoms with Gasteiger partial charge in [-0.1, -0.05) is 15.9 Å². The highest BCUT2D eigenvalue weighted by Gasteiger charge is 2.31. The van der Waals surface area contributed by atoms with E-state index in [0.717, 1.165) is 19.4 Å². The molecule has 1 fully saturated rings. The molecule has 7 heteroatoms. The van der Waals surface area contributed by atoms with E-state index in [4.69, 9.17) is 0 Å². The number of halogens is 2. The number of hydrogen-bond acceptors (Lipinski definition) is 3. The van der Waals surface area contributed by atoms with Gasteiger partial charge in [-0.25, -0.2) is 12.8 Å². The molecule has 0 spiro atoms. The highest BCUT2D eigenvalue weighted by molar-refractivity contribution is 9.10. The topological polar surface area (TPSA) is 49.4 Å². The zero-order valence-electron chi connectivity index (χ0n) is 11.3. The molecule has 1 saturated heterocycles. The van der Waals surface area contributed by atoms with Crippen molar-refractivity contribution in [2.24, 2.45) is 5.92 Å². The summed E-state index contributed by atoms with van der Waals surface area (Å²) in [4.78, 5) is -0.243. The molecule has 0 unspecified atom stereocenters. The number of nitrogens with zero attached hydrogens (tertiary/aromatic N) is 1. The highest BCUT2D eigenvalue weighted by atomic mass is 79.9. The molecular weight excluding hydrogens is 347 g/mol. The summed E-state index contributed by atoms with van der Waals surface area (Å²) in [6.07, 6.45) is 1.61. The van der Waals surface area contributed by atoms with Crippen LogP contribution in [0.3, 0.4) is 0 Å². The van der Waals surface area contributed by atoms with E-state index in [2.05, 4.69) is 21.2 Å². The van der Waals surface area contributed by atoms with Crippen LogP contribution in [0.25, 0.3) is 0 Å². The zero-order valence-corrected chi connectivity index (χ0v) is 13.7. The summed E-state index contributed by atoms with van der Waals surface area (Å²) in [6.45, 7) is 1.79. The van der Waals surface area contributed by atoms with Gasteiger partial charge in [0, 0.05) is 17.6 Å². The number of hydrogen-bond donors (Lipinski definition) is 1. The predicted molar refractivity (Wildman–Crippen MR) is 79.5 cm³/mol. The van der Waals surface area contributed by atoms with Crippen molar-refractivity contribution in [1.29, 1.82) is 0 Å². The first-order valence-electron chi connectivity index (χ1n) is 6.55. The van der Waals surface area contributed by atoms with E-state index in [9.17, 15) is 12.8 Å². The average molecular weight is 365 g/mol. The summed E-state index contributed by atoms with van der Waals surface area (Å²) in [5.41, 5.74) is 0. The molecule has 0 radical (unpaired) electrons. The lowest BCUT2D eigenvalue weighted by Gasteiger charge is -2.31. The van der Waals surface area contributed by atoms with Gasteiger partial charge in [0.15, 0.2) is 0 Å². The van der Waals surface area contributed by atoms with Gasteiger partial charge in [0.25, 0.3) is 0 Å². The van der Waals surface area contributed by atoms with Gasteiger partial charge in [-0.15, -0.1) is 0 Å². The molecule has 20 heavy (non-hydrogen) atoms. The number of benzene rings is 1. The van der Waals surface area contributed by atoms with Crippen LogP contribution in [0.2, 0.25) is 0 Å². The quantitative estimate of drug-likeness (QED) is 0.890. The van der Waals surface area contributed by atoms with Gasteiger partial charge in [0.05, 0.1) is 0 Å². The van der Waals surface area contributed by atoms with Crippen molar-refractivity contribution in [3.05, 3.63) is 28.5 Å². The second-order valence-electron chi connectivity index (χ2n) is 4.98. The first-order chi connectivity index (χ1) is 9.45. The third-order valence-corrected chi connectivity index (χ3v) is 6.00. The molecule has 1 heterocycles. The number of sulfonamides is 1. The van der Waals surface area contributed by atoms with Gasteiger partial charge in [-0.2, -0.15) is 4.31 Å². The Morgan fingerprint density at radius 3 is 2.60 bits per heavy atom. The summed E-state index contributed by atoms with van der Waals surface area (Å²) in [5, 5.41) is 3.10. The molecular formula is C13H18BrFN2O2S. The maximum atomic E-state index is 13.9. The van der Waals surface area contributed by atoms with E-state index in [1.807, 2.05) is 7.05 Å². The van der Waals surface area contributed by atoms with Gasteiger partial charge in [0.1, 0.15) is 10.7 Å². The van der Waals surface area contributed by atoms with Crippen molar-refractivity contribution in [3.8, 4) is 0 Å². The van der Waals surface area contributed by atoms with Gasteiger partial charge in [-0.05, 0) is 50.6 Å². The second-order valence-corrected chi connectivity index (χ2v) is 7.80. The van der Waals surface area contributed by atoms with Crippen LogP contribution in [0, 0.1) is 11.7 Å². The average Bonchev–Trinajstić information content (AvgIpc) is 2.39. The maximum Gasteiger partial charge on any atom is 0.245 e. The molecule has 1 aromatic carbocycles. The molecule has 0 amide bonds. The Morgan fingerprint density at radius 2 is 2.05 bits per heavy atom. The van der Waals surface area contributed by atoms with Crippen molar-refractivity contribution in [1.82, 2.24) is 9.62 Å². The fourth-order valence-corrected chi connectivity index (χ4v) is 4.31. The molecule has 0 atom stereocenters. The predicted octanol–water partition coefficient (Wildman–Crippen LogP) is 2.21. The molecule has 1 aromatic rings. The van der Waals surface area contributed by atoms with Crippen LogP contribution in [0.15, 0.2) is 27.6 Å². The number of nitrogens with one attached hydrogen (secondary N) is 1. The Kier molecular flexibility index (Phi) is 5.17. The summed E-state index contributed by atoms with van der Waals surface area (Å²) in [7, 11) is -1.84. The molecule has 1 N–H and O–H groups in total. The Bertz CT molecular complexity index is 572. The van der Waals surface area contributed by atoms with Gasteiger partial charge in [0.2, 0.25) is 10.0 Å².